The highest BCUT2D eigenvalue weighted by Gasteiger charge is 2.46. The van der Waals surface area contributed by atoms with Crippen LogP contribution in [0.3, 0.4) is 0 Å². The fourth-order valence-corrected chi connectivity index (χ4v) is 16.8. The number of imide groups is 2. The van der Waals surface area contributed by atoms with Gasteiger partial charge in [-0.1, -0.05) is 266 Å². The Bertz CT molecular complexity index is 2860. The van der Waals surface area contributed by atoms with Crippen molar-refractivity contribution in [2.45, 2.75) is 324 Å². The van der Waals surface area contributed by atoms with Gasteiger partial charge < -0.3 is 9.47 Å². The third kappa shape index (κ3) is 20.6. The summed E-state index contributed by atoms with van der Waals surface area (Å²) < 4.78 is 12.6. The van der Waals surface area contributed by atoms with E-state index in [4.69, 9.17) is 9.47 Å². The van der Waals surface area contributed by atoms with E-state index in [1.54, 1.807) is 36.4 Å². The molecule has 4 aromatic carbocycles. The number of ether oxygens (including phenoxy) is 2. The van der Waals surface area contributed by atoms with Crippen LogP contribution < -0.4 is 9.47 Å². The molecule has 0 spiro atoms. The number of benzene rings is 4. The van der Waals surface area contributed by atoms with Crippen molar-refractivity contribution < 1.29 is 28.7 Å². The van der Waals surface area contributed by atoms with Gasteiger partial charge in [-0.2, -0.15) is 0 Å². The van der Waals surface area contributed by atoms with Gasteiger partial charge in [0.2, 0.25) is 0 Å². The van der Waals surface area contributed by atoms with E-state index in [2.05, 4.69) is 86.6 Å². The third-order valence-corrected chi connectivity index (χ3v) is 22.3. The van der Waals surface area contributed by atoms with Gasteiger partial charge in [-0.05, 0) is 172 Å². The summed E-state index contributed by atoms with van der Waals surface area (Å²) in [7, 11) is 0. The van der Waals surface area contributed by atoms with Crippen LogP contribution >= 0.6 is 0 Å². The van der Waals surface area contributed by atoms with E-state index < -0.39 is 5.54 Å². The van der Waals surface area contributed by atoms with Crippen LogP contribution in [0.1, 0.15) is 366 Å². The molecular formula is C84H126N2O6. The molecule has 0 aromatic heterocycles. The summed E-state index contributed by atoms with van der Waals surface area (Å²) in [6.45, 7) is 23.0. The lowest BCUT2D eigenvalue weighted by atomic mass is 9.61. The topological polar surface area (TPSA) is 93.2 Å². The molecule has 92 heavy (non-hydrogen) atoms. The number of carbonyl (C=O) groups excluding carboxylic acids is 4. The van der Waals surface area contributed by atoms with Gasteiger partial charge in [0.1, 0.15) is 23.0 Å². The Hall–Kier alpha value is -5.24. The monoisotopic (exact) mass is 1260 g/mol. The van der Waals surface area contributed by atoms with Crippen molar-refractivity contribution >= 4 is 23.6 Å². The molecule has 2 aliphatic heterocycles. The van der Waals surface area contributed by atoms with Crippen LogP contribution in [0.25, 0.3) is 0 Å². The number of carbonyl (C=O) groups is 4. The van der Waals surface area contributed by atoms with Crippen LogP contribution in [0.2, 0.25) is 0 Å². The van der Waals surface area contributed by atoms with Crippen molar-refractivity contribution in [1.82, 2.24) is 9.80 Å². The number of hydrogen-bond donors (Lipinski definition) is 0. The molecule has 4 aromatic rings. The van der Waals surface area contributed by atoms with Crippen LogP contribution in [0.15, 0.2) is 84.9 Å². The number of unbranched alkanes of at least 4 members (excludes halogenated alkanes) is 19. The van der Waals surface area contributed by atoms with Crippen molar-refractivity contribution in [1.29, 1.82) is 0 Å². The largest absolute Gasteiger partial charge is 0.457 e. The number of hydrogen-bond acceptors (Lipinski definition) is 6. The molecule has 508 valence electrons. The highest BCUT2D eigenvalue weighted by molar-refractivity contribution is 6.22. The van der Waals surface area contributed by atoms with Crippen molar-refractivity contribution in [3.8, 4) is 23.0 Å². The first-order valence-corrected chi connectivity index (χ1v) is 38.1. The van der Waals surface area contributed by atoms with Crippen molar-refractivity contribution in [3.05, 3.63) is 118 Å². The normalized spacial score (nSPS) is 18.2. The van der Waals surface area contributed by atoms with Gasteiger partial charge in [-0.15, -0.1) is 0 Å². The zero-order chi connectivity index (χ0) is 65.9. The Morgan fingerprint density at radius 3 is 1.21 bits per heavy atom. The van der Waals surface area contributed by atoms with E-state index in [0.29, 0.717) is 57.2 Å². The lowest BCUT2D eigenvalue weighted by Crippen LogP contribution is -2.49. The Kier molecular flexibility index (Phi) is 30.4. The molecule has 2 heterocycles. The Morgan fingerprint density at radius 1 is 0.359 bits per heavy atom. The first kappa shape index (κ1) is 74.2. The lowest BCUT2D eigenvalue weighted by molar-refractivity contribution is 0.0412. The molecule has 0 bridgehead atoms. The predicted molar refractivity (Wildman–Crippen MR) is 384 cm³/mol. The van der Waals surface area contributed by atoms with Gasteiger partial charge in [0.05, 0.1) is 22.3 Å². The Morgan fingerprint density at radius 2 is 0.728 bits per heavy atom. The maximum atomic E-state index is 13.8. The van der Waals surface area contributed by atoms with Crippen LogP contribution in [0.4, 0.5) is 0 Å². The number of rotatable bonds is 46. The van der Waals surface area contributed by atoms with E-state index in [1.165, 1.54) is 209 Å². The molecule has 3 aliphatic rings. The smallest absolute Gasteiger partial charge is 0.262 e. The average molecular weight is 1260 g/mol. The van der Waals surface area contributed by atoms with E-state index >= 15 is 0 Å². The fraction of sp³-hybridized carbons (Fsp3) is 0.667. The maximum Gasteiger partial charge on any atom is 0.262 e. The highest BCUT2D eigenvalue weighted by Crippen LogP contribution is 2.48. The van der Waals surface area contributed by atoms with E-state index in [0.717, 1.165) is 79.7 Å². The molecule has 0 saturated heterocycles. The first-order valence-electron chi connectivity index (χ1n) is 38.1. The summed E-state index contributed by atoms with van der Waals surface area (Å²) in [6, 6.07) is 26.5. The summed E-state index contributed by atoms with van der Waals surface area (Å²) in [5, 5.41) is 0. The van der Waals surface area contributed by atoms with E-state index in [1.807, 2.05) is 31.2 Å². The van der Waals surface area contributed by atoms with Crippen LogP contribution in [0.5, 0.6) is 23.0 Å². The second-order valence-electron chi connectivity index (χ2n) is 30.1. The van der Waals surface area contributed by atoms with Crippen LogP contribution in [-0.2, 0) is 5.41 Å². The number of amides is 4. The zero-order valence-corrected chi connectivity index (χ0v) is 59.8. The summed E-state index contributed by atoms with van der Waals surface area (Å²) in [5.41, 5.74) is 3.55. The van der Waals surface area contributed by atoms with Gasteiger partial charge in [-0.25, -0.2) is 0 Å². The molecule has 4 amide bonds. The van der Waals surface area contributed by atoms with Gasteiger partial charge in [0.15, 0.2) is 0 Å². The van der Waals surface area contributed by atoms with Crippen molar-refractivity contribution in [3.63, 3.8) is 0 Å². The van der Waals surface area contributed by atoms with Crippen molar-refractivity contribution in [2.75, 3.05) is 6.54 Å². The Labute approximate surface area is 560 Å². The third-order valence-electron chi connectivity index (χ3n) is 22.3. The molecule has 8 heteroatoms. The minimum Gasteiger partial charge on any atom is -0.457 e. The minimum absolute atomic E-state index is 0.200. The molecule has 5 atom stereocenters. The lowest BCUT2D eigenvalue weighted by Gasteiger charge is -2.44. The van der Waals surface area contributed by atoms with Gasteiger partial charge in [0, 0.05) is 17.5 Å². The second kappa shape index (κ2) is 37.7. The molecule has 0 radical (unpaired) electrons. The van der Waals surface area contributed by atoms with Crippen LogP contribution in [-0.4, -0.2) is 45.5 Å². The molecule has 1 saturated carbocycles. The molecule has 5 unspecified atom stereocenters. The Balaban J connectivity index is 0.858. The molecule has 1 aliphatic carbocycles. The second-order valence-corrected chi connectivity index (χ2v) is 30.1. The van der Waals surface area contributed by atoms with E-state index in [9.17, 15) is 19.2 Å². The molecule has 8 nitrogen and oxygen atoms in total. The summed E-state index contributed by atoms with van der Waals surface area (Å²) >= 11 is 0. The maximum absolute atomic E-state index is 13.8. The SMILES string of the molecule is CCCCCCCCC1C(CCCCCC)CCC(CCCCCCCCC(C)(CCC)CCCC)C1CCCCCCCCN1C(=O)c2ccc(Oc3ccc(C(C)(C)c4ccc(Oc5ccc6c(c5)C(=O)N(C(C)(CCC)CCC)C6=O)cc4)cc3)cc2C1=O. The number of nitrogens with zero attached hydrogens (tertiary/aromatic N) is 2. The molecule has 7 rings (SSSR count). The molecular weight excluding hydrogens is 1130 g/mol. The highest BCUT2D eigenvalue weighted by atomic mass is 16.5. The molecule has 0 N–H and O–H groups in total. The van der Waals surface area contributed by atoms with E-state index in [-0.39, 0.29) is 29.0 Å². The van der Waals surface area contributed by atoms with Gasteiger partial charge in [0.25, 0.3) is 23.6 Å². The van der Waals surface area contributed by atoms with Gasteiger partial charge in [-0.3, -0.25) is 29.0 Å². The standard InChI is InChI=1S/C84H126N2O6/c1-11-17-20-22-28-34-40-72-64(38-32-21-18-12-2)42-43-65(39-33-27-23-25-30-36-60-83(9,56-14-4)59-19-13-3)73(72)41-35-29-24-26-31-37-61-85-78(87)74-54-52-70(62-76(74)79(85)88)91-68-48-44-66(45-49-68)82(7,8)67-46-50-69(51-47-67)92-71-53-55-75-77(63-71)81(90)86(80(75)89)84(10,57-15-5)58-16-6/h44-55,62-65,72-73H,11-43,56-61H2,1-10H3. The van der Waals surface area contributed by atoms with Crippen LogP contribution in [0, 0.1) is 29.1 Å². The summed E-state index contributed by atoms with van der Waals surface area (Å²) in [6.07, 6.45) is 49.6. The van der Waals surface area contributed by atoms with Gasteiger partial charge >= 0.3 is 0 Å². The van der Waals surface area contributed by atoms with Crippen molar-refractivity contribution in [2.24, 2.45) is 29.1 Å². The quantitative estimate of drug-likeness (QED) is 0.0323. The predicted octanol–water partition coefficient (Wildman–Crippen LogP) is 25.0. The zero-order valence-electron chi connectivity index (χ0n) is 59.8. The average Bonchev–Trinajstić information content (AvgIpc) is 1.60. The summed E-state index contributed by atoms with van der Waals surface area (Å²) in [4.78, 5) is 57.7. The fourth-order valence-electron chi connectivity index (χ4n) is 16.8. The molecule has 1 fully saturated rings. The minimum atomic E-state index is -0.525. The summed E-state index contributed by atoms with van der Waals surface area (Å²) in [5.74, 6) is 5.06. The number of fused-ring (bicyclic) bond motifs is 2. The first-order chi connectivity index (χ1) is 44.5.